The topological polar surface area (TPSA) is 316 Å². The molecule has 4 radical (unpaired) electrons. The molecule has 0 amide bonds. The predicted molar refractivity (Wildman–Crippen MR) is 38.5 cm³/mol. The van der Waals surface area contributed by atoms with Crippen LogP contribution in [-0.4, -0.2) is 83.2 Å². The molecule has 0 aromatic heterocycles. The molecule has 15 nitrogen and oxygen atoms in total. The Morgan fingerprint density at radius 2 is 0.333 bits per heavy atom. The predicted octanol–water partition coefficient (Wildman–Crippen LogP) is -13.0. The standard InChI is InChI=1S/5CH2O3.2Bi.2Zn/c5*2-1(3)4;;;;/h5*(H2,2,3,4);;;;/q;;;;;2*+3;2*+2/p-10. The van der Waals surface area contributed by atoms with E-state index in [0.717, 1.165) is 0 Å². The Morgan fingerprint density at radius 1 is 0.333 bits per heavy atom. The number of rotatable bonds is 0. The summed E-state index contributed by atoms with van der Waals surface area (Å²) in [6.45, 7) is 0. The van der Waals surface area contributed by atoms with E-state index in [1.807, 2.05) is 0 Å². The monoisotopic (exact) mass is 846 g/mol. The first-order valence-corrected chi connectivity index (χ1v) is 3.06. The molecule has 0 heterocycles. The van der Waals surface area contributed by atoms with Crippen molar-refractivity contribution in [2.75, 3.05) is 0 Å². The van der Waals surface area contributed by atoms with Gasteiger partial charge in [0, 0.05) is 0 Å². The minimum Gasteiger partial charge on any atom is -0.652 e. The van der Waals surface area contributed by atoms with E-state index in [9.17, 15) is 0 Å². The Kier molecular flexibility index (Phi) is 117. The van der Waals surface area contributed by atoms with Crippen LogP contribution in [0.3, 0.4) is 0 Å². The maximum absolute atomic E-state index is 8.33. The van der Waals surface area contributed by atoms with Crippen molar-refractivity contribution in [1.82, 2.24) is 0 Å². The second-order valence-electron chi connectivity index (χ2n) is 1.25. The zero-order valence-corrected chi connectivity index (χ0v) is 23.8. The number of carbonyl (C=O) groups excluding carboxylic acids is 5. The largest absolute Gasteiger partial charge is 3.00 e. The Bertz CT molecular complexity index is 221. The smallest absolute Gasteiger partial charge is 0.652 e. The van der Waals surface area contributed by atoms with Crippen LogP contribution in [0, 0.1) is 0 Å². The van der Waals surface area contributed by atoms with Gasteiger partial charge >= 0.3 is 91.4 Å². The van der Waals surface area contributed by atoms with Crippen molar-refractivity contribution < 1.29 is 114 Å². The summed E-state index contributed by atoms with van der Waals surface area (Å²) in [5.41, 5.74) is 0. The molecule has 0 aliphatic heterocycles. The Hall–Kier alpha value is -0.637. The number of hydrogen-bond acceptors (Lipinski definition) is 15. The molecule has 0 spiro atoms. The van der Waals surface area contributed by atoms with Crippen molar-refractivity contribution in [3.63, 3.8) is 0 Å². The molecule has 0 aliphatic rings. The van der Waals surface area contributed by atoms with Crippen LogP contribution in [0.5, 0.6) is 0 Å². The van der Waals surface area contributed by atoms with E-state index in [1.54, 1.807) is 0 Å². The summed E-state index contributed by atoms with van der Waals surface area (Å²) < 4.78 is 0. The van der Waals surface area contributed by atoms with Crippen molar-refractivity contribution in [2.24, 2.45) is 0 Å². The van der Waals surface area contributed by atoms with Crippen molar-refractivity contribution in [3.05, 3.63) is 0 Å². The van der Waals surface area contributed by atoms with E-state index >= 15 is 0 Å². The first-order valence-electron chi connectivity index (χ1n) is 3.06. The molecule has 24 heavy (non-hydrogen) atoms. The average Bonchev–Trinajstić information content (AvgIpc) is 1.94. The van der Waals surface area contributed by atoms with Crippen LogP contribution in [0.2, 0.25) is 0 Å². The molecule has 0 N–H and O–H groups in total. The first-order chi connectivity index (χ1) is 8.66. The third-order valence-corrected chi connectivity index (χ3v) is 0. The van der Waals surface area contributed by atoms with E-state index in [0.29, 0.717) is 0 Å². The van der Waals surface area contributed by atoms with Crippen LogP contribution in [0.15, 0.2) is 0 Å². The van der Waals surface area contributed by atoms with Gasteiger partial charge < -0.3 is 75.0 Å². The zero-order valence-electron chi connectivity index (χ0n) is 10.9. The molecule has 19 heteroatoms. The minimum atomic E-state index is -2.33. The molecular weight excluding hydrogens is 849 g/mol. The first kappa shape index (κ1) is 56.6. The fourth-order valence-corrected chi connectivity index (χ4v) is 0. The van der Waals surface area contributed by atoms with Gasteiger partial charge in [-0.15, -0.1) is 0 Å². The molecule has 0 fully saturated rings. The van der Waals surface area contributed by atoms with Gasteiger partial charge in [-0.1, -0.05) is 0 Å². The Labute approximate surface area is 195 Å². The van der Waals surface area contributed by atoms with Crippen LogP contribution in [0.1, 0.15) is 0 Å². The number of hydrogen-bond donors (Lipinski definition) is 0. The molecule has 0 unspecified atom stereocenters. The second-order valence-corrected chi connectivity index (χ2v) is 1.25. The Balaban J connectivity index is -0.0000000161. The summed E-state index contributed by atoms with van der Waals surface area (Å²) in [7, 11) is 0. The summed E-state index contributed by atoms with van der Waals surface area (Å²) in [5.74, 6) is 0. The number of carbonyl (C=O) groups is 5. The van der Waals surface area contributed by atoms with E-state index < -0.39 is 30.8 Å². The molecule has 124 valence electrons. The van der Waals surface area contributed by atoms with Gasteiger partial charge in [0.25, 0.3) is 0 Å². The molecule has 0 saturated heterocycles. The van der Waals surface area contributed by atoms with Gasteiger partial charge in [-0.25, -0.2) is 0 Å². The van der Waals surface area contributed by atoms with Gasteiger partial charge in [-0.05, 0) is 30.8 Å². The summed E-state index contributed by atoms with van der Waals surface area (Å²) in [6, 6.07) is 0. The SMILES string of the molecule is O=C([O-])[O-].O=C([O-])[O-].O=C([O-])[O-].O=C([O-])[O-].O=C([O-])[O-].[Bi+3].[Bi+3].[Zn+2].[Zn+2]. The maximum Gasteiger partial charge on any atom is 3.00 e. The van der Waals surface area contributed by atoms with Crippen LogP contribution >= 0.6 is 0 Å². The molecule has 0 aromatic carbocycles. The molecule has 0 atom stereocenters. The average molecular weight is 849 g/mol. The summed E-state index contributed by atoms with van der Waals surface area (Å²) >= 11 is 0. The van der Waals surface area contributed by atoms with Gasteiger partial charge in [-0.3, -0.25) is 0 Å². The van der Waals surface area contributed by atoms with Crippen LogP contribution in [0.4, 0.5) is 24.0 Å². The van der Waals surface area contributed by atoms with Gasteiger partial charge in [0.2, 0.25) is 0 Å². The third kappa shape index (κ3) is 21800. The molecule has 0 aromatic rings. The minimum absolute atomic E-state index is 0. The van der Waals surface area contributed by atoms with Gasteiger partial charge in [-0.2, -0.15) is 0 Å². The van der Waals surface area contributed by atoms with Crippen molar-refractivity contribution in [3.8, 4) is 0 Å². The molecule has 0 aliphatic carbocycles. The van der Waals surface area contributed by atoms with E-state index in [1.165, 1.54) is 0 Å². The summed E-state index contributed by atoms with van der Waals surface area (Å²) in [5, 5.41) is 83.3. The second kappa shape index (κ2) is 49.5. The van der Waals surface area contributed by atoms with E-state index in [2.05, 4.69) is 0 Å². The third-order valence-electron chi connectivity index (χ3n) is 0. The van der Waals surface area contributed by atoms with E-state index in [4.69, 9.17) is 75.0 Å². The fourth-order valence-electron chi connectivity index (χ4n) is 0. The zero-order chi connectivity index (χ0) is 17.9. The van der Waals surface area contributed by atoms with Gasteiger partial charge in [0.05, 0.1) is 0 Å². The Morgan fingerprint density at radius 3 is 0.333 bits per heavy atom. The molecule has 0 rings (SSSR count). The van der Waals surface area contributed by atoms with Gasteiger partial charge in [0.1, 0.15) is 0 Å². The molecular formula is C5Bi2O15Zn2. The molecule has 0 saturated carbocycles. The van der Waals surface area contributed by atoms with Crippen molar-refractivity contribution >= 4 is 83.2 Å². The van der Waals surface area contributed by atoms with Crippen molar-refractivity contribution in [2.45, 2.75) is 0 Å². The maximum atomic E-state index is 8.33. The van der Waals surface area contributed by atoms with Crippen LogP contribution < -0.4 is 51.1 Å². The van der Waals surface area contributed by atoms with Crippen LogP contribution in [-0.2, 0) is 39.0 Å². The van der Waals surface area contributed by atoms with Crippen LogP contribution in [0.25, 0.3) is 0 Å². The van der Waals surface area contributed by atoms with Gasteiger partial charge in [0.15, 0.2) is 0 Å². The molecule has 0 bridgehead atoms. The quantitative estimate of drug-likeness (QED) is 0.204. The summed E-state index contributed by atoms with van der Waals surface area (Å²) in [4.78, 5) is 41.7. The van der Waals surface area contributed by atoms with Crippen molar-refractivity contribution in [1.29, 1.82) is 0 Å². The number of carboxylic acid groups (broad SMARTS) is 10. The van der Waals surface area contributed by atoms with E-state index in [-0.39, 0.29) is 91.4 Å². The summed E-state index contributed by atoms with van der Waals surface area (Å²) in [6.07, 6.45) is -11.7. The fraction of sp³-hybridized carbons (Fsp3) is 0. The normalized spacial score (nSPS) is 5.00.